The molecule has 2 amide bonds. The predicted octanol–water partition coefficient (Wildman–Crippen LogP) is 4.84. The van der Waals surface area contributed by atoms with Crippen molar-refractivity contribution in [2.24, 2.45) is 5.92 Å². The summed E-state index contributed by atoms with van der Waals surface area (Å²) in [5, 5.41) is 0.730. The molecule has 0 aliphatic carbocycles. The van der Waals surface area contributed by atoms with Gasteiger partial charge in [-0.3, -0.25) is 9.59 Å². The molecule has 7 heteroatoms. The van der Waals surface area contributed by atoms with E-state index < -0.39 is 0 Å². The van der Waals surface area contributed by atoms with Gasteiger partial charge in [0.15, 0.2) is 0 Å². The highest BCUT2D eigenvalue weighted by atomic mass is 35.5. The van der Waals surface area contributed by atoms with E-state index in [1.54, 1.807) is 12.0 Å². The minimum Gasteiger partial charge on any atom is -0.385 e. The van der Waals surface area contributed by atoms with Crippen LogP contribution in [0.2, 0.25) is 5.02 Å². The van der Waals surface area contributed by atoms with Crippen LogP contribution in [0.1, 0.15) is 51.3 Å². The summed E-state index contributed by atoms with van der Waals surface area (Å²) in [6.45, 7) is 9.12. The zero-order valence-electron chi connectivity index (χ0n) is 20.4. The number of ether oxygens (including phenoxy) is 1. The van der Waals surface area contributed by atoms with E-state index in [2.05, 4.69) is 18.4 Å². The van der Waals surface area contributed by atoms with E-state index in [4.69, 9.17) is 16.3 Å². The summed E-state index contributed by atoms with van der Waals surface area (Å²) in [5.41, 5.74) is 2.07. The zero-order chi connectivity index (χ0) is 24.2. The van der Waals surface area contributed by atoms with Crippen LogP contribution in [0.5, 0.6) is 0 Å². The number of carbonyl (C=O) groups excluding carboxylic acids is 2. The van der Waals surface area contributed by atoms with Crippen molar-refractivity contribution in [1.29, 1.82) is 0 Å². The van der Waals surface area contributed by atoms with E-state index in [-0.39, 0.29) is 18.4 Å². The molecule has 1 aromatic carbocycles. The number of hydrogen-bond donors (Lipinski definition) is 0. The van der Waals surface area contributed by atoms with E-state index in [9.17, 15) is 9.59 Å². The molecule has 1 heterocycles. The van der Waals surface area contributed by atoms with Gasteiger partial charge in [0, 0.05) is 56.7 Å². The molecule has 0 aliphatic rings. The SMILES string of the molecule is CCCC(=O)N(CCCOC)CC(=O)N(Cc1cccn1Cc1ccccc1Cl)CC(C)C. The van der Waals surface area contributed by atoms with Crippen LogP contribution in [0.3, 0.4) is 0 Å². The molecule has 182 valence electrons. The summed E-state index contributed by atoms with van der Waals surface area (Å²) in [7, 11) is 1.64. The van der Waals surface area contributed by atoms with Crippen molar-refractivity contribution in [2.45, 2.75) is 53.1 Å². The van der Waals surface area contributed by atoms with E-state index >= 15 is 0 Å². The van der Waals surface area contributed by atoms with Gasteiger partial charge < -0.3 is 19.1 Å². The van der Waals surface area contributed by atoms with Crippen LogP contribution in [-0.4, -0.2) is 59.5 Å². The molecule has 0 fully saturated rings. The molecule has 0 radical (unpaired) electrons. The summed E-state index contributed by atoms with van der Waals surface area (Å²) in [6, 6.07) is 11.8. The molecule has 0 bridgehead atoms. The number of rotatable bonds is 14. The smallest absolute Gasteiger partial charge is 0.242 e. The number of hydrogen-bond acceptors (Lipinski definition) is 3. The summed E-state index contributed by atoms with van der Waals surface area (Å²) in [5.74, 6) is 0.304. The van der Waals surface area contributed by atoms with Gasteiger partial charge in [-0.05, 0) is 42.5 Å². The molecular weight excluding hydrogens is 438 g/mol. The second-order valence-electron chi connectivity index (χ2n) is 8.80. The van der Waals surface area contributed by atoms with E-state index in [1.165, 1.54) is 0 Å². The zero-order valence-corrected chi connectivity index (χ0v) is 21.2. The molecule has 0 aliphatic heterocycles. The Balaban J connectivity index is 2.15. The van der Waals surface area contributed by atoms with Gasteiger partial charge in [-0.1, -0.05) is 50.6 Å². The quantitative estimate of drug-likeness (QED) is 0.367. The average Bonchev–Trinajstić information content (AvgIpc) is 3.20. The van der Waals surface area contributed by atoms with Crippen LogP contribution in [0.25, 0.3) is 0 Å². The second-order valence-corrected chi connectivity index (χ2v) is 9.21. The first kappa shape index (κ1) is 26.9. The molecule has 1 aromatic heterocycles. The Kier molecular flexibility index (Phi) is 11.5. The summed E-state index contributed by atoms with van der Waals surface area (Å²) in [4.78, 5) is 29.5. The predicted molar refractivity (Wildman–Crippen MR) is 133 cm³/mol. The van der Waals surface area contributed by atoms with Gasteiger partial charge in [0.2, 0.25) is 11.8 Å². The van der Waals surface area contributed by atoms with Crippen LogP contribution < -0.4 is 0 Å². The molecule has 0 saturated heterocycles. The van der Waals surface area contributed by atoms with Crippen LogP contribution in [0.15, 0.2) is 42.6 Å². The molecule has 2 rings (SSSR count). The first-order valence-corrected chi connectivity index (χ1v) is 12.1. The fraction of sp³-hybridized carbons (Fsp3) is 0.538. The van der Waals surface area contributed by atoms with Crippen molar-refractivity contribution in [2.75, 3.05) is 33.4 Å². The van der Waals surface area contributed by atoms with Crippen molar-refractivity contribution in [3.05, 3.63) is 58.9 Å². The van der Waals surface area contributed by atoms with Gasteiger partial charge in [-0.25, -0.2) is 0 Å². The topological polar surface area (TPSA) is 54.8 Å². The maximum absolute atomic E-state index is 13.4. The number of benzene rings is 1. The molecule has 33 heavy (non-hydrogen) atoms. The lowest BCUT2D eigenvalue weighted by atomic mass is 10.2. The monoisotopic (exact) mass is 475 g/mol. The van der Waals surface area contributed by atoms with Gasteiger partial charge >= 0.3 is 0 Å². The molecule has 2 aromatic rings. The largest absolute Gasteiger partial charge is 0.385 e. The van der Waals surface area contributed by atoms with Crippen molar-refractivity contribution >= 4 is 23.4 Å². The Morgan fingerprint density at radius 1 is 1.09 bits per heavy atom. The van der Waals surface area contributed by atoms with Gasteiger partial charge in [-0.2, -0.15) is 0 Å². The highest BCUT2D eigenvalue weighted by Crippen LogP contribution is 2.18. The van der Waals surface area contributed by atoms with Gasteiger partial charge in [0.05, 0.1) is 13.1 Å². The average molecular weight is 476 g/mol. The first-order valence-electron chi connectivity index (χ1n) is 11.8. The Morgan fingerprint density at radius 3 is 2.52 bits per heavy atom. The lowest BCUT2D eigenvalue weighted by Crippen LogP contribution is -2.44. The number of methoxy groups -OCH3 is 1. The summed E-state index contributed by atoms with van der Waals surface area (Å²) in [6.07, 6.45) is 3.94. The van der Waals surface area contributed by atoms with Crippen LogP contribution in [-0.2, 0) is 27.4 Å². The van der Waals surface area contributed by atoms with E-state index in [0.717, 1.165) is 22.7 Å². The summed E-state index contributed by atoms with van der Waals surface area (Å²) < 4.78 is 7.26. The lowest BCUT2D eigenvalue weighted by molar-refractivity contribution is -0.141. The maximum atomic E-state index is 13.4. The minimum absolute atomic E-state index is 0.0218. The molecular formula is C26H38ClN3O3. The van der Waals surface area contributed by atoms with Gasteiger partial charge in [0.25, 0.3) is 0 Å². The highest BCUT2D eigenvalue weighted by Gasteiger charge is 2.22. The Morgan fingerprint density at radius 2 is 1.85 bits per heavy atom. The molecule has 6 nitrogen and oxygen atoms in total. The van der Waals surface area contributed by atoms with E-state index in [1.807, 2.05) is 54.4 Å². The Labute approximate surface area is 203 Å². The van der Waals surface area contributed by atoms with Crippen molar-refractivity contribution < 1.29 is 14.3 Å². The number of carbonyl (C=O) groups is 2. The molecule has 0 saturated carbocycles. The third-order valence-corrected chi connectivity index (χ3v) is 5.80. The Hall–Kier alpha value is -2.31. The van der Waals surface area contributed by atoms with Crippen LogP contribution >= 0.6 is 11.6 Å². The van der Waals surface area contributed by atoms with Crippen molar-refractivity contribution in [3.63, 3.8) is 0 Å². The van der Waals surface area contributed by atoms with Gasteiger partial charge in [0.1, 0.15) is 0 Å². The van der Waals surface area contributed by atoms with Crippen molar-refractivity contribution in [3.8, 4) is 0 Å². The molecule has 0 atom stereocenters. The highest BCUT2D eigenvalue weighted by molar-refractivity contribution is 6.31. The number of nitrogens with zero attached hydrogens (tertiary/aromatic N) is 3. The first-order chi connectivity index (χ1) is 15.8. The molecule has 0 unspecified atom stereocenters. The third kappa shape index (κ3) is 8.86. The van der Waals surface area contributed by atoms with Gasteiger partial charge in [-0.15, -0.1) is 0 Å². The molecule has 0 spiro atoms. The standard InChI is InChI=1S/C26H38ClN3O3/c1-5-10-25(31)29(15-9-16-33-4)20-26(32)30(17-21(2)3)19-23-12-8-14-28(23)18-22-11-6-7-13-24(22)27/h6-8,11-14,21H,5,9-10,15-20H2,1-4H3. The van der Waals surface area contributed by atoms with Crippen LogP contribution in [0, 0.1) is 5.92 Å². The number of aromatic nitrogens is 1. The second kappa shape index (κ2) is 14.1. The van der Waals surface area contributed by atoms with Crippen LogP contribution in [0.4, 0.5) is 0 Å². The maximum Gasteiger partial charge on any atom is 0.242 e. The molecule has 0 N–H and O–H groups in total. The number of amides is 2. The lowest BCUT2D eigenvalue weighted by Gasteiger charge is -2.29. The summed E-state index contributed by atoms with van der Waals surface area (Å²) >= 11 is 6.36. The third-order valence-electron chi connectivity index (χ3n) is 5.43. The minimum atomic E-state index is -0.0314. The van der Waals surface area contributed by atoms with Crippen molar-refractivity contribution in [1.82, 2.24) is 14.4 Å². The Bertz CT molecular complexity index is 881. The normalized spacial score (nSPS) is 11.1. The number of halogens is 1. The fourth-order valence-electron chi connectivity index (χ4n) is 3.78. The van der Waals surface area contributed by atoms with E-state index in [0.29, 0.717) is 51.5 Å². The fourth-order valence-corrected chi connectivity index (χ4v) is 3.97.